The maximum atomic E-state index is 9.61. The molecule has 1 aliphatic rings. The summed E-state index contributed by atoms with van der Waals surface area (Å²) in [7, 11) is 2.06. The van der Waals surface area contributed by atoms with Crippen molar-refractivity contribution in [3.8, 4) is 5.69 Å². The Morgan fingerprint density at radius 2 is 2.00 bits per heavy atom. The van der Waals surface area contributed by atoms with Crippen LogP contribution >= 0.6 is 24.0 Å². The lowest BCUT2D eigenvalue weighted by Gasteiger charge is -2.29. The number of para-hydroxylation sites is 1. The second-order valence-corrected chi connectivity index (χ2v) is 7.65. The van der Waals surface area contributed by atoms with Gasteiger partial charge in [0.1, 0.15) is 0 Å². The van der Waals surface area contributed by atoms with Crippen LogP contribution in [-0.4, -0.2) is 76.5 Å². The Balaban J connectivity index is 0.00000320. The Hall–Kier alpha value is -1.65. The molecule has 0 atom stereocenters. The van der Waals surface area contributed by atoms with Gasteiger partial charge in [0, 0.05) is 51.5 Å². The van der Waals surface area contributed by atoms with Gasteiger partial charge in [-0.3, -0.25) is 4.99 Å². The summed E-state index contributed by atoms with van der Waals surface area (Å²) >= 11 is 0. The van der Waals surface area contributed by atoms with E-state index in [9.17, 15) is 5.11 Å². The Labute approximate surface area is 197 Å². The summed E-state index contributed by atoms with van der Waals surface area (Å²) in [6.45, 7) is 7.53. The first-order chi connectivity index (χ1) is 14.2. The van der Waals surface area contributed by atoms with E-state index in [-0.39, 0.29) is 30.1 Å². The maximum Gasteiger partial charge on any atom is 0.193 e. The molecular formula is C22H35IN6O. The zero-order valence-electron chi connectivity index (χ0n) is 18.1. The number of nitrogens with one attached hydrogen (secondary N) is 1. The molecule has 2 N–H and O–H groups in total. The molecule has 2 heterocycles. The molecule has 1 fully saturated rings. The summed E-state index contributed by atoms with van der Waals surface area (Å²) in [6.07, 6.45) is 6.70. The summed E-state index contributed by atoms with van der Waals surface area (Å²) in [4.78, 5) is 9.38. The molecule has 1 aromatic carbocycles. The molecule has 0 unspecified atom stereocenters. The second-order valence-electron chi connectivity index (χ2n) is 7.65. The van der Waals surface area contributed by atoms with Gasteiger partial charge in [0.05, 0.1) is 18.0 Å². The highest BCUT2D eigenvalue weighted by molar-refractivity contribution is 14.0. The lowest BCUT2D eigenvalue weighted by atomic mass is 10.1. The topological polar surface area (TPSA) is 68.9 Å². The summed E-state index contributed by atoms with van der Waals surface area (Å²) in [5, 5.41) is 17.5. The number of benzene rings is 1. The minimum Gasteiger partial charge on any atom is -0.393 e. The molecule has 0 spiro atoms. The van der Waals surface area contributed by atoms with Crippen molar-refractivity contribution < 1.29 is 5.11 Å². The van der Waals surface area contributed by atoms with E-state index in [1.165, 1.54) is 0 Å². The number of nitrogens with zero attached hydrogens (tertiary/aromatic N) is 5. The average Bonchev–Trinajstić information content (AvgIpc) is 3.20. The first-order valence-electron chi connectivity index (χ1n) is 10.6. The van der Waals surface area contributed by atoms with Crippen molar-refractivity contribution in [2.45, 2.75) is 38.8 Å². The zero-order valence-corrected chi connectivity index (χ0v) is 20.4. The molecule has 8 heteroatoms. The summed E-state index contributed by atoms with van der Waals surface area (Å²) in [5.41, 5.74) is 2.21. The van der Waals surface area contributed by atoms with E-state index < -0.39 is 0 Å². The van der Waals surface area contributed by atoms with Crippen LogP contribution in [-0.2, 0) is 6.54 Å². The molecule has 1 saturated heterocycles. The van der Waals surface area contributed by atoms with E-state index in [1.54, 1.807) is 0 Å². The van der Waals surface area contributed by atoms with E-state index in [0.717, 1.165) is 75.7 Å². The largest absolute Gasteiger partial charge is 0.393 e. The lowest BCUT2D eigenvalue weighted by molar-refractivity contribution is 0.0824. The van der Waals surface area contributed by atoms with Crippen LogP contribution in [0, 0.1) is 0 Å². The molecule has 1 aromatic heterocycles. The molecule has 0 amide bonds. The quantitative estimate of drug-likeness (QED) is 0.240. The molecule has 2 aromatic rings. The van der Waals surface area contributed by atoms with E-state index in [2.05, 4.69) is 52.5 Å². The Morgan fingerprint density at radius 3 is 2.70 bits per heavy atom. The van der Waals surface area contributed by atoms with Gasteiger partial charge in [-0.2, -0.15) is 5.10 Å². The predicted molar refractivity (Wildman–Crippen MR) is 133 cm³/mol. The van der Waals surface area contributed by atoms with Gasteiger partial charge < -0.3 is 20.2 Å². The molecule has 0 bridgehead atoms. The number of rotatable bonds is 8. The minimum atomic E-state index is -0.107. The van der Waals surface area contributed by atoms with Gasteiger partial charge in [-0.25, -0.2) is 4.68 Å². The Morgan fingerprint density at radius 1 is 1.27 bits per heavy atom. The fourth-order valence-corrected chi connectivity index (χ4v) is 3.60. The van der Waals surface area contributed by atoms with Gasteiger partial charge in [0.25, 0.3) is 0 Å². The number of aliphatic imine (C=N–C) groups is 1. The number of aliphatic hydroxyl groups is 1. The molecule has 166 valence electrons. The second kappa shape index (κ2) is 12.9. The number of aromatic nitrogens is 2. The fourth-order valence-electron chi connectivity index (χ4n) is 3.60. The molecule has 7 nitrogen and oxygen atoms in total. The van der Waals surface area contributed by atoms with Crippen LogP contribution in [0.2, 0.25) is 0 Å². The third-order valence-corrected chi connectivity index (χ3v) is 5.22. The molecule has 3 rings (SSSR count). The third-order valence-electron chi connectivity index (χ3n) is 5.22. The van der Waals surface area contributed by atoms with Crippen LogP contribution < -0.4 is 5.32 Å². The highest BCUT2D eigenvalue weighted by Crippen LogP contribution is 2.11. The highest BCUT2D eigenvalue weighted by atomic mass is 127. The fraction of sp³-hybridized carbons (Fsp3) is 0.545. The van der Waals surface area contributed by atoms with Crippen LogP contribution in [0.5, 0.6) is 0 Å². The molecular weight excluding hydrogens is 491 g/mol. The predicted octanol–water partition coefficient (Wildman–Crippen LogP) is 2.73. The van der Waals surface area contributed by atoms with Crippen molar-refractivity contribution in [3.63, 3.8) is 0 Å². The maximum absolute atomic E-state index is 9.61. The normalized spacial score (nSPS) is 15.6. The average molecular weight is 526 g/mol. The van der Waals surface area contributed by atoms with Crippen LogP contribution in [0.1, 0.15) is 31.7 Å². The van der Waals surface area contributed by atoms with Crippen LogP contribution in [0.15, 0.2) is 47.7 Å². The summed E-state index contributed by atoms with van der Waals surface area (Å²) in [5.74, 6) is 0.925. The van der Waals surface area contributed by atoms with Crippen molar-refractivity contribution in [2.24, 2.45) is 4.99 Å². The first-order valence-corrected chi connectivity index (χ1v) is 10.6. The van der Waals surface area contributed by atoms with Gasteiger partial charge in [-0.15, -0.1) is 24.0 Å². The van der Waals surface area contributed by atoms with E-state index in [1.807, 2.05) is 29.1 Å². The van der Waals surface area contributed by atoms with Gasteiger partial charge in [-0.1, -0.05) is 18.2 Å². The zero-order chi connectivity index (χ0) is 20.5. The lowest BCUT2D eigenvalue weighted by Crippen LogP contribution is -2.39. The number of hydrogen-bond donors (Lipinski definition) is 2. The van der Waals surface area contributed by atoms with Gasteiger partial charge in [0.15, 0.2) is 5.96 Å². The molecule has 0 aliphatic carbocycles. The third kappa shape index (κ3) is 7.55. The van der Waals surface area contributed by atoms with Crippen molar-refractivity contribution >= 4 is 29.9 Å². The summed E-state index contributed by atoms with van der Waals surface area (Å²) < 4.78 is 1.91. The van der Waals surface area contributed by atoms with E-state index in [4.69, 9.17) is 4.99 Å². The number of aliphatic hydroxyl groups excluding tert-OH is 1. The van der Waals surface area contributed by atoms with Gasteiger partial charge in [-0.05, 0) is 44.9 Å². The molecule has 30 heavy (non-hydrogen) atoms. The smallest absolute Gasteiger partial charge is 0.193 e. The van der Waals surface area contributed by atoms with Crippen molar-refractivity contribution in [3.05, 3.63) is 48.3 Å². The van der Waals surface area contributed by atoms with Crippen LogP contribution in [0.4, 0.5) is 0 Å². The first kappa shape index (κ1) is 24.6. The Bertz CT molecular complexity index is 758. The van der Waals surface area contributed by atoms with Crippen molar-refractivity contribution in [2.75, 3.05) is 39.8 Å². The van der Waals surface area contributed by atoms with Crippen LogP contribution in [0.3, 0.4) is 0 Å². The number of hydrogen-bond acceptors (Lipinski definition) is 4. The number of halogens is 1. The molecule has 0 radical (unpaired) electrons. The van der Waals surface area contributed by atoms with E-state index >= 15 is 0 Å². The van der Waals surface area contributed by atoms with Crippen molar-refractivity contribution in [1.29, 1.82) is 0 Å². The number of guanidine groups is 1. The van der Waals surface area contributed by atoms with E-state index in [0.29, 0.717) is 0 Å². The van der Waals surface area contributed by atoms with Crippen molar-refractivity contribution in [1.82, 2.24) is 24.9 Å². The monoisotopic (exact) mass is 526 g/mol. The minimum absolute atomic E-state index is 0. The van der Waals surface area contributed by atoms with Gasteiger partial charge in [0.2, 0.25) is 0 Å². The highest BCUT2D eigenvalue weighted by Gasteiger charge is 2.16. The van der Waals surface area contributed by atoms with Crippen LogP contribution in [0.25, 0.3) is 5.69 Å². The Kier molecular flexibility index (Phi) is 10.6. The number of piperidine rings is 1. The standard InChI is InChI=1S/C22H34N6O.HI/c1-3-23-22(24-12-7-13-27-14-10-21(29)11-15-27)26(2)17-19-16-25-28(18-19)20-8-5-4-6-9-20;/h4-6,8-9,16,18,21,29H,3,7,10-15,17H2,1-2H3,(H,23,24);1H. The summed E-state index contributed by atoms with van der Waals surface area (Å²) in [6, 6.07) is 10.1. The van der Waals surface area contributed by atoms with Gasteiger partial charge >= 0.3 is 0 Å². The molecule has 1 aliphatic heterocycles. The molecule has 0 saturated carbocycles. The number of likely N-dealkylation sites (tertiary alicyclic amines) is 1. The SMILES string of the molecule is CCNC(=NCCCN1CCC(O)CC1)N(C)Cc1cnn(-c2ccccc2)c1.I.